The number of hydrogen-bond acceptors (Lipinski definition) is 5. The Labute approximate surface area is 132 Å². The Kier molecular flexibility index (Phi) is 5.29. The predicted octanol–water partition coefficient (Wildman–Crippen LogP) is 3.28. The van der Waals surface area contributed by atoms with Crippen molar-refractivity contribution in [3.63, 3.8) is 0 Å². The van der Waals surface area contributed by atoms with Gasteiger partial charge in [0.05, 0.1) is 19.9 Å². The molecule has 0 spiro atoms. The number of ether oxygens (including phenoxy) is 2. The summed E-state index contributed by atoms with van der Waals surface area (Å²) in [6.45, 7) is 2.68. The standard InChI is InChI=1S/C13H16N4O2S2/c1-3-6-19-11-7-9(4-5-10(11)18-2)8-14-17-12(20)15-16-13(17)21/h4-5,7-8H,3,6H2,1-2H3,(H,15,20)(H,16,21)/b14-8-. The molecule has 0 unspecified atom stereocenters. The van der Waals surface area contributed by atoms with Gasteiger partial charge in [-0.2, -0.15) is 9.78 Å². The normalized spacial score (nSPS) is 11.0. The van der Waals surface area contributed by atoms with Crippen molar-refractivity contribution in [2.45, 2.75) is 13.3 Å². The summed E-state index contributed by atoms with van der Waals surface area (Å²) in [6.07, 6.45) is 2.58. The van der Waals surface area contributed by atoms with Crippen LogP contribution in [0.4, 0.5) is 0 Å². The van der Waals surface area contributed by atoms with Crippen molar-refractivity contribution in [1.29, 1.82) is 0 Å². The second-order valence-corrected chi connectivity index (χ2v) is 4.95. The summed E-state index contributed by atoms with van der Waals surface area (Å²) in [6, 6.07) is 5.58. The van der Waals surface area contributed by atoms with Crippen molar-refractivity contribution < 1.29 is 9.47 Å². The minimum absolute atomic E-state index is 0.409. The fourth-order valence-electron chi connectivity index (χ4n) is 1.63. The van der Waals surface area contributed by atoms with Gasteiger partial charge in [-0.3, -0.25) is 10.2 Å². The van der Waals surface area contributed by atoms with E-state index in [4.69, 9.17) is 33.9 Å². The minimum Gasteiger partial charge on any atom is -0.493 e. The van der Waals surface area contributed by atoms with Gasteiger partial charge in [-0.25, -0.2) is 0 Å². The third-order valence-corrected chi connectivity index (χ3v) is 3.18. The zero-order valence-electron chi connectivity index (χ0n) is 11.8. The van der Waals surface area contributed by atoms with E-state index in [-0.39, 0.29) is 0 Å². The first kappa shape index (κ1) is 15.5. The van der Waals surface area contributed by atoms with Crippen LogP contribution in [-0.2, 0) is 0 Å². The number of benzene rings is 1. The molecule has 1 aromatic heterocycles. The molecule has 0 aliphatic rings. The van der Waals surface area contributed by atoms with E-state index in [2.05, 4.69) is 15.3 Å². The van der Waals surface area contributed by atoms with Crippen LogP contribution in [0.15, 0.2) is 23.3 Å². The molecule has 0 amide bonds. The highest BCUT2D eigenvalue weighted by molar-refractivity contribution is 7.72. The first-order valence-corrected chi connectivity index (χ1v) is 7.22. The van der Waals surface area contributed by atoms with Gasteiger partial charge in [-0.05, 0) is 54.6 Å². The third-order valence-electron chi connectivity index (χ3n) is 2.63. The van der Waals surface area contributed by atoms with Crippen LogP contribution in [0.25, 0.3) is 0 Å². The molecule has 2 rings (SSSR count). The number of rotatable bonds is 6. The maximum atomic E-state index is 5.66. The molecule has 0 saturated heterocycles. The smallest absolute Gasteiger partial charge is 0.215 e. The number of methoxy groups -OCH3 is 1. The molecule has 0 radical (unpaired) electrons. The van der Waals surface area contributed by atoms with E-state index in [1.165, 1.54) is 4.68 Å². The van der Waals surface area contributed by atoms with Crippen molar-refractivity contribution in [1.82, 2.24) is 14.9 Å². The lowest BCUT2D eigenvalue weighted by Gasteiger charge is -2.10. The quantitative estimate of drug-likeness (QED) is 0.632. The lowest BCUT2D eigenvalue weighted by molar-refractivity contribution is 0.294. The average Bonchev–Trinajstić information content (AvgIpc) is 2.82. The van der Waals surface area contributed by atoms with Gasteiger partial charge in [0.25, 0.3) is 0 Å². The summed E-state index contributed by atoms with van der Waals surface area (Å²) in [5.74, 6) is 1.38. The Bertz CT molecular complexity index is 718. The maximum absolute atomic E-state index is 5.66. The zero-order valence-corrected chi connectivity index (χ0v) is 13.4. The Hall–Kier alpha value is -1.93. The molecule has 21 heavy (non-hydrogen) atoms. The van der Waals surface area contributed by atoms with Gasteiger partial charge in [-0.15, -0.1) is 0 Å². The SMILES string of the molecule is CCCOc1cc(/C=N\n2c(=S)[nH][nH]c2=S)ccc1OC. The van der Waals surface area contributed by atoms with Gasteiger partial charge >= 0.3 is 0 Å². The second kappa shape index (κ2) is 7.19. The summed E-state index contributed by atoms with van der Waals surface area (Å²) in [5, 5.41) is 9.68. The average molecular weight is 324 g/mol. The highest BCUT2D eigenvalue weighted by atomic mass is 32.1. The monoisotopic (exact) mass is 324 g/mol. The molecule has 8 heteroatoms. The Morgan fingerprint density at radius 2 is 1.95 bits per heavy atom. The zero-order chi connectivity index (χ0) is 15.2. The van der Waals surface area contributed by atoms with Gasteiger partial charge in [0.2, 0.25) is 9.54 Å². The topological polar surface area (TPSA) is 67.3 Å². The van der Waals surface area contributed by atoms with Crippen LogP contribution in [0, 0.1) is 9.54 Å². The number of nitrogens with zero attached hydrogens (tertiary/aromatic N) is 2. The van der Waals surface area contributed by atoms with Gasteiger partial charge in [0.1, 0.15) is 0 Å². The van der Waals surface area contributed by atoms with Crippen molar-refractivity contribution in [3.8, 4) is 11.5 Å². The van der Waals surface area contributed by atoms with E-state index in [1.807, 2.05) is 25.1 Å². The molecule has 2 aromatic rings. The van der Waals surface area contributed by atoms with Crippen LogP contribution in [0.5, 0.6) is 11.5 Å². The molecule has 0 fully saturated rings. The highest BCUT2D eigenvalue weighted by Gasteiger charge is 2.04. The van der Waals surface area contributed by atoms with Gasteiger partial charge in [0.15, 0.2) is 11.5 Å². The highest BCUT2D eigenvalue weighted by Crippen LogP contribution is 2.27. The summed E-state index contributed by atoms with van der Waals surface area (Å²) in [5.41, 5.74) is 0.861. The molecule has 0 aliphatic heterocycles. The van der Waals surface area contributed by atoms with E-state index < -0.39 is 0 Å². The largest absolute Gasteiger partial charge is 0.493 e. The Balaban J connectivity index is 2.28. The molecule has 2 N–H and O–H groups in total. The summed E-state index contributed by atoms with van der Waals surface area (Å²) < 4.78 is 13.2. The summed E-state index contributed by atoms with van der Waals surface area (Å²) in [7, 11) is 1.61. The molecular weight excluding hydrogens is 308 g/mol. The molecule has 0 aliphatic carbocycles. The molecule has 6 nitrogen and oxygen atoms in total. The van der Waals surface area contributed by atoms with Crippen molar-refractivity contribution in [3.05, 3.63) is 33.3 Å². The van der Waals surface area contributed by atoms with E-state index >= 15 is 0 Å². The fraction of sp³-hybridized carbons (Fsp3) is 0.308. The van der Waals surface area contributed by atoms with Gasteiger partial charge in [0, 0.05) is 0 Å². The third kappa shape index (κ3) is 3.79. The molecule has 1 aromatic carbocycles. The first-order valence-electron chi connectivity index (χ1n) is 6.40. The van der Waals surface area contributed by atoms with Crippen molar-refractivity contribution in [2.24, 2.45) is 5.10 Å². The summed E-state index contributed by atoms with van der Waals surface area (Å²) >= 11 is 10.1. The molecule has 0 atom stereocenters. The lowest BCUT2D eigenvalue weighted by Crippen LogP contribution is -1.99. The van der Waals surface area contributed by atoms with Crippen LogP contribution in [0.2, 0.25) is 0 Å². The van der Waals surface area contributed by atoms with Gasteiger partial charge in [-0.1, -0.05) is 6.92 Å². The van der Waals surface area contributed by atoms with Crippen LogP contribution in [0.3, 0.4) is 0 Å². The number of nitrogens with one attached hydrogen (secondary N) is 2. The van der Waals surface area contributed by atoms with Crippen LogP contribution < -0.4 is 9.47 Å². The molecule has 112 valence electrons. The molecule has 0 bridgehead atoms. The van der Waals surface area contributed by atoms with Crippen molar-refractivity contribution in [2.75, 3.05) is 13.7 Å². The Morgan fingerprint density at radius 1 is 1.24 bits per heavy atom. The fourth-order valence-corrected chi connectivity index (χ4v) is 2.07. The second-order valence-electron chi connectivity index (χ2n) is 4.18. The maximum Gasteiger partial charge on any atom is 0.215 e. The Morgan fingerprint density at radius 3 is 2.57 bits per heavy atom. The number of hydrogen-bond donors (Lipinski definition) is 2. The van der Waals surface area contributed by atoms with Crippen molar-refractivity contribution >= 4 is 30.7 Å². The number of H-pyrrole nitrogens is 2. The van der Waals surface area contributed by atoms with Gasteiger partial charge < -0.3 is 9.47 Å². The molecular formula is C13H16N4O2S2. The van der Waals surface area contributed by atoms with E-state index in [0.717, 1.165) is 12.0 Å². The first-order chi connectivity index (χ1) is 10.2. The van der Waals surface area contributed by atoms with E-state index in [1.54, 1.807) is 13.3 Å². The molecule has 0 saturated carbocycles. The summed E-state index contributed by atoms with van der Waals surface area (Å²) in [4.78, 5) is 0. The minimum atomic E-state index is 0.409. The van der Waals surface area contributed by atoms with Crippen LogP contribution in [-0.4, -0.2) is 34.8 Å². The molecule has 1 heterocycles. The number of aromatic nitrogens is 3. The number of aromatic amines is 2. The predicted molar refractivity (Wildman–Crippen MR) is 86.6 cm³/mol. The van der Waals surface area contributed by atoms with Crippen LogP contribution in [0.1, 0.15) is 18.9 Å². The van der Waals surface area contributed by atoms with E-state index in [0.29, 0.717) is 27.6 Å². The lowest BCUT2D eigenvalue weighted by atomic mass is 10.2. The van der Waals surface area contributed by atoms with Crippen LogP contribution >= 0.6 is 24.4 Å². The van der Waals surface area contributed by atoms with E-state index in [9.17, 15) is 0 Å².